The van der Waals surface area contributed by atoms with Gasteiger partial charge in [0.15, 0.2) is 0 Å². The predicted octanol–water partition coefficient (Wildman–Crippen LogP) is 4.01. The number of imidazole rings is 1. The number of benzene rings is 2. The summed E-state index contributed by atoms with van der Waals surface area (Å²) >= 11 is 0. The molecule has 5 nitrogen and oxygen atoms in total. The van der Waals surface area contributed by atoms with Crippen molar-refractivity contribution in [1.82, 2.24) is 14.5 Å². The molecule has 3 aromatic rings. The summed E-state index contributed by atoms with van der Waals surface area (Å²) in [7, 11) is 0. The van der Waals surface area contributed by atoms with Gasteiger partial charge in [0.1, 0.15) is 11.6 Å². The van der Waals surface area contributed by atoms with E-state index in [1.54, 1.807) is 6.08 Å². The van der Waals surface area contributed by atoms with Crippen molar-refractivity contribution in [2.45, 2.75) is 25.3 Å². The SMILES string of the molecule is C=CCN1CC(c2nc3ccccc3n2CCCOc2ccccc2)CC1=O. The third kappa shape index (κ3) is 3.79. The van der Waals surface area contributed by atoms with E-state index in [0.717, 1.165) is 35.6 Å². The highest BCUT2D eigenvalue weighted by molar-refractivity contribution is 5.81. The number of hydrogen-bond donors (Lipinski definition) is 0. The number of amides is 1. The molecule has 1 atom stereocenters. The van der Waals surface area contributed by atoms with Gasteiger partial charge in [0.05, 0.1) is 17.6 Å². The third-order valence-corrected chi connectivity index (χ3v) is 5.15. The van der Waals surface area contributed by atoms with Gasteiger partial charge >= 0.3 is 0 Å². The molecule has 2 heterocycles. The first-order chi connectivity index (χ1) is 13.8. The Morgan fingerprint density at radius 3 is 2.75 bits per heavy atom. The van der Waals surface area contributed by atoms with E-state index in [1.807, 2.05) is 53.4 Å². The van der Waals surface area contributed by atoms with Crippen LogP contribution in [-0.4, -0.2) is 40.1 Å². The van der Waals surface area contributed by atoms with E-state index in [1.165, 1.54) is 0 Å². The van der Waals surface area contributed by atoms with Crippen molar-refractivity contribution in [3.05, 3.63) is 73.1 Å². The average molecular weight is 375 g/mol. The van der Waals surface area contributed by atoms with Crippen LogP contribution in [0.5, 0.6) is 5.75 Å². The van der Waals surface area contributed by atoms with Gasteiger partial charge in [0, 0.05) is 32.0 Å². The molecule has 0 N–H and O–H groups in total. The van der Waals surface area contributed by atoms with Crippen LogP contribution in [0.25, 0.3) is 11.0 Å². The van der Waals surface area contributed by atoms with Crippen LogP contribution in [0.15, 0.2) is 67.3 Å². The third-order valence-electron chi connectivity index (χ3n) is 5.15. The second-order valence-corrected chi connectivity index (χ2v) is 7.11. The van der Waals surface area contributed by atoms with E-state index in [4.69, 9.17) is 9.72 Å². The molecule has 1 saturated heterocycles. The zero-order chi connectivity index (χ0) is 19.3. The number of carbonyl (C=O) groups is 1. The molecule has 1 fully saturated rings. The van der Waals surface area contributed by atoms with Crippen LogP contribution in [0.1, 0.15) is 24.6 Å². The lowest BCUT2D eigenvalue weighted by atomic mass is 10.1. The minimum absolute atomic E-state index is 0.120. The fourth-order valence-electron chi connectivity index (χ4n) is 3.85. The van der Waals surface area contributed by atoms with Crippen LogP contribution >= 0.6 is 0 Å². The van der Waals surface area contributed by atoms with Gasteiger partial charge < -0.3 is 14.2 Å². The van der Waals surface area contributed by atoms with Crippen molar-refractivity contribution in [1.29, 1.82) is 0 Å². The Morgan fingerprint density at radius 1 is 1.14 bits per heavy atom. The molecule has 28 heavy (non-hydrogen) atoms. The molecule has 4 rings (SSSR count). The van der Waals surface area contributed by atoms with Crippen molar-refractivity contribution >= 4 is 16.9 Å². The first-order valence-corrected chi connectivity index (χ1v) is 9.78. The van der Waals surface area contributed by atoms with Gasteiger partial charge in [-0.3, -0.25) is 4.79 Å². The molecule has 0 bridgehead atoms. The number of para-hydroxylation sites is 3. The number of carbonyl (C=O) groups excluding carboxylic acids is 1. The van der Waals surface area contributed by atoms with Crippen molar-refractivity contribution in [2.75, 3.05) is 19.7 Å². The Balaban J connectivity index is 1.51. The largest absolute Gasteiger partial charge is 0.494 e. The molecule has 0 spiro atoms. The van der Waals surface area contributed by atoms with Gasteiger partial charge in [-0.2, -0.15) is 0 Å². The Labute approximate surface area is 165 Å². The van der Waals surface area contributed by atoms with Gasteiger partial charge in [0.25, 0.3) is 0 Å². The van der Waals surface area contributed by atoms with Crippen molar-refractivity contribution in [3.63, 3.8) is 0 Å². The van der Waals surface area contributed by atoms with Crippen LogP contribution in [0, 0.1) is 0 Å². The minimum atomic E-state index is 0.120. The summed E-state index contributed by atoms with van der Waals surface area (Å²) in [4.78, 5) is 19.1. The summed E-state index contributed by atoms with van der Waals surface area (Å²) in [6.07, 6.45) is 3.17. The monoisotopic (exact) mass is 375 g/mol. The fourth-order valence-corrected chi connectivity index (χ4v) is 3.85. The average Bonchev–Trinajstić information content (AvgIpc) is 3.27. The van der Waals surface area contributed by atoms with Crippen LogP contribution in [0.2, 0.25) is 0 Å². The van der Waals surface area contributed by atoms with Gasteiger partial charge in [0.2, 0.25) is 5.91 Å². The maximum absolute atomic E-state index is 12.3. The highest BCUT2D eigenvalue weighted by atomic mass is 16.5. The zero-order valence-corrected chi connectivity index (χ0v) is 16.0. The lowest BCUT2D eigenvalue weighted by Gasteiger charge is -2.16. The number of nitrogens with zero attached hydrogens (tertiary/aromatic N) is 3. The quantitative estimate of drug-likeness (QED) is 0.441. The molecule has 1 aliphatic rings. The normalized spacial score (nSPS) is 16.6. The lowest BCUT2D eigenvalue weighted by molar-refractivity contribution is -0.127. The number of hydrogen-bond acceptors (Lipinski definition) is 3. The molecule has 1 amide bonds. The predicted molar refractivity (Wildman–Crippen MR) is 110 cm³/mol. The molecule has 144 valence electrons. The smallest absolute Gasteiger partial charge is 0.223 e. The summed E-state index contributed by atoms with van der Waals surface area (Å²) < 4.78 is 8.10. The molecule has 1 aromatic heterocycles. The molecule has 1 aliphatic heterocycles. The van der Waals surface area contributed by atoms with Crippen LogP contribution in [0.3, 0.4) is 0 Å². The number of ether oxygens (including phenoxy) is 1. The van der Waals surface area contributed by atoms with Crippen LogP contribution in [0.4, 0.5) is 0 Å². The Kier molecular flexibility index (Phi) is 5.42. The number of fused-ring (bicyclic) bond motifs is 1. The maximum Gasteiger partial charge on any atom is 0.223 e. The first kappa shape index (κ1) is 18.3. The Bertz CT molecular complexity index is 964. The van der Waals surface area contributed by atoms with Crippen molar-refractivity contribution < 1.29 is 9.53 Å². The van der Waals surface area contributed by atoms with Gasteiger partial charge in [-0.15, -0.1) is 6.58 Å². The second-order valence-electron chi connectivity index (χ2n) is 7.11. The standard InChI is InChI=1S/C23H25N3O2/c1-2-13-25-17-18(16-22(25)27)23-24-20-11-6-7-12-21(20)26(23)14-8-15-28-19-9-4-3-5-10-19/h2-7,9-12,18H,1,8,13-17H2. The van der Waals surface area contributed by atoms with Gasteiger partial charge in [-0.1, -0.05) is 36.4 Å². The number of aryl methyl sites for hydroxylation is 1. The number of rotatable bonds is 8. The van der Waals surface area contributed by atoms with E-state index >= 15 is 0 Å². The van der Waals surface area contributed by atoms with Crippen molar-refractivity contribution in [2.24, 2.45) is 0 Å². The van der Waals surface area contributed by atoms with Crippen molar-refractivity contribution in [3.8, 4) is 5.75 Å². The molecule has 0 saturated carbocycles. The van der Waals surface area contributed by atoms with E-state index in [2.05, 4.69) is 17.2 Å². The van der Waals surface area contributed by atoms with Crippen LogP contribution in [-0.2, 0) is 11.3 Å². The molecular weight excluding hydrogens is 350 g/mol. The first-order valence-electron chi connectivity index (χ1n) is 9.78. The molecule has 2 aromatic carbocycles. The minimum Gasteiger partial charge on any atom is -0.494 e. The summed E-state index contributed by atoms with van der Waals surface area (Å²) in [5.74, 6) is 2.19. The summed E-state index contributed by atoms with van der Waals surface area (Å²) in [5, 5.41) is 0. The molecule has 0 radical (unpaired) electrons. The van der Waals surface area contributed by atoms with E-state index in [0.29, 0.717) is 26.1 Å². The molecule has 0 aliphatic carbocycles. The Hall–Kier alpha value is -3.08. The highest BCUT2D eigenvalue weighted by Crippen LogP contribution is 2.30. The van der Waals surface area contributed by atoms with E-state index in [9.17, 15) is 4.79 Å². The van der Waals surface area contributed by atoms with Gasteiger partial charge in [-0.25, -0.2) is 4.98 Å². The molecule has 1 unspecified atom stereocenters. The van der Waals surface area contributed by atoms with E-state index < -0.39 is 0 Å². The zero-order valence-electron chi connectivity index (χ0n) is 16.0. The molecular formula is C23H25N3O2. The second kappa shape index (κ2) is 8.30. The van der Waals surface area contributed by atoms with E-state index in [-0.39, 0.29) is 11.8 Å². The lowest BCUT2D eigenvalue weighted by Crippen LogP contribution is -2.25. The Morgan fingerprint density at radius 2 is 1.93 bits per heavy atom. The van der Waals surface area contributed by atoms with Gasteiger partial charge in [-0.05, 0) is 30.7 Å². The maximum atomic E-state index is 12.3. The summed E-state index contributed by atoms with van der Waals surface area (Å²) in [6.45, 7) is 6.51. The molecule has 5 heteroatoms. The summed E-state index contributed by atoms with van der Waals surface area (Å²) in [6, 6.07) is 18.0. The number of aromatic nitrogens is 2. The fraction of sp³-hybridized carbons (Fsp3) is 0.304. The summed E-state index contributed by atoms with van der Waals surface area (Å²) in [5.41, 5.74) is 2.10. The topological polar surface area (TPSA) is 47.4 Å². The highest BCUT2D eigenvalue weighted by Gasteiger charge is 2.33. The van der Waals surface area contributed by atoms with Crippen LogP contribution < -0.4 is 4.74 Å². The number of likely N-dealkylation sites (tertiary alicyclic amines) is 1.